The molecule has 1 atom stereocenters. The summed E-state index contributed by atoms with van der Waals surface area (Å²) in [5.41, 5.74) is 7.19. The molecular weight excluding hydrogens is 560 g/mol. The number of allylic oxidation sites excluding steroid dienone is 5. The van der Waals surface area contributed by atoms with E-state index in [9.17, 15) is 0 Å². The van der Waals surface area contributed by atoms with Crippen LogP contribution < -0.4 is 4.90 Å². The molecule has 0 bridgehead atoms. The van der Waals surface area contributed by atoms with E-state index in [2.05, 4.69) is 112 Å². The van der Waals surface area contributed by atoms with Crippen LogP contribution >= 0.6 is 11.6 Å². The van der Waals surface area contributed by atoms with Crippen molar-refractivity contribution in [2.45, 2.75) is 99.0 Å². The second-order valence-corrected chi connectivity index (χ2v) is 13.0. The average molecular weight is 618 g/mol. The van der Waals surface area contributed by atoms with E-state index in [0.717, 1.165) is 56.2 Å². The molecule has 0 aromatic heterocycles. The predicted molar refractivity (Wildman–Crippen MR) is 194 cm³/mol. The van der Waals surface area contributed by atoms with E-state index in [0.29, 0.717) is 5.92 Å². The van der Waals surface area contributed by atoms with Crippen LogP contribution in [-0.2, 0) is 4.74 Å². The van der Waals surface area contributed by atoms with Gasteiger partial charge in [-0.3, -0.25) is 0 Å². The molecule has 44 heavy (non-hydrogen) atoms. The first-order valence-corrected chi connectivity index (χ1v) is 17.7. The molecule has 3 rings (SSSR count). The number of halogens is 1. The van der Waals surface area contributed by atoms with Crippen molar-refractivity contribution in [1.29, 1.82) is 0 Å². The van der Waals surface area contributed by atoms with Gasteiger partial charge in [0.2, 0.25) is 0 Å². The van der Waals surface area contributed by atoms with Gasteiger partial charge in [0.05, 0.1) is 6.10 Å². The molecule has 1 aliphatic rings. The smallest absolute Gasteiger partial charge is 0.199 e. The van der Waals surface area contributed by atoms with E-state index in [1.54, 1.807) is 0 Å². The third kappa shape index (κ3) is 11.4. The third-order valence-corrected chi connectivity index (χ3v) is 8.76. The van der Waals surface area contributed by atoms with Gasteiger partial charge in [-0.05, 0) is 79.2 Å². The molecule has 0 spiro atoms. The van der Waals surface area contributed by atoms with Crippen LogP contribution in [0.25, 0.3) is 5.57 Å². The maximum Gasteiger partial charge on any atom is 0.199 e. The first-order valence-electron chi connectivity index (χ1n) is 17.3. The standard InChI is InChI=1S/C40H58ClN2O/c1-7-10-27-42(29-25-32(4)5)36-21-17-34(18-22-36)40(38-15-13-14-16-39(38)41)35-19-23-37(24-20-35)43(28-11-8-2)30-26-33(6)44-31-12-9-3/h13-24,32-33H,7-12,25-31H2,1-6H3/q+1. The minimum Gasteiger partial charge on any atom is -0.378 e. The summed E-state index contributed by atoms with van der Waals surface area (Å²) in [6, 6.07) is 17.4. The number of rotatable bonds is 19. The van der Waals surface area contributed by atoms with E-state index in [4.69, 9.17) is 16.3 Å². The van der Waals surface area contributed by atoms with Crippen LogP contribution in [0.4, 0.5) is 5.69 Å². The molecule has 0 aliphatic heterocycles. The Balaban J connectivity index is 1.94. The van der Waals surface area contributed by atoms with Gasteiger partial charge in [-0.15, -0.1) is 0 Å². The summed E-state index contributed by atoms with van der Waals surface area (Å²) in [5, 5.41) is 0.777. The molecule has 0 heterocycles. The van der Waals surface area contributed by atoms with Crippen molar-refractivity contribution in [1.82, 2.24) is 0 Å². The van der Waals surface area contributed by atoms with E-state index >= 15 is 0 Å². The van der Waals surface area contributed by atoms with Gasteiger partial charge in [-0.2, -0.15) is 0 Å². The van der Waals surface area contributed by atoms with Gasteiger partial charge in [0.1, 0.15) is 13.1 Å². The fraction of sp³-hybridized carbons (Fsp3) is 0.525. The van der Waals surface area contributed by atoms with Crippen LogP contribution in [0.5, 0.6) is 0 Å². The zero-order valence-corrected chi connectivity index (χ0v) is 29.2. The van der Waals surface area contributed by atoms with Crippen LogP contribution in [-0.4, -0.2) is 49.2 Å². The van der Waals surface area contributed by atoms with Crippen molar-refractivity contribution in [3.05, 3.63) is 94.6 Å². The summed E-state index contributed by atoms with van der Waals surface area (Å²) in [6.45, 7) is 18.7. The van der Waals surface area contributed by atoms with Crippen molar-refractivity contribution in [2.24, 2.45) is 5.92 Å². The van der Waals surface area contributed by atoms with E-state index in [1.807, 2.05) is 12.1 Å². The molecule has 4 heteroatoms. The molecule has 0 amide bonds. The monoisotopic (exact) mass is 617 g/mol. The highest BCUT2D eigenvalue weighted by Gasteiger charge is 2.18. The summed E-state index contributed by atoms with van der Waals surface area (Å²) in [6.07, 6.45) is 18.7. The number of ether oxygens (including phenoxy) is 1. The zero-order valence-electron chi connectivity index (χ0n) is 28.5. The second-order valence-electron chi connectivity index (χ2n) is 12.6. The van der Waals surface area contributed by atoms with Gasteiger partial charge in [-0.1, -0.05) is 95.8 Å². The molecule has 0 fully saturated rings. The molecule has 240 valence electrons. The fourth-order valence-corrected chi connectivity index (χ4v) is 5.75. The first-order chi connectivity index (χ1) is 21.4. The second kappa shape index (κ2) is 19.7. The SMILES string of the molecule is CCCCOC(C)CC[N+](CCCC)=C1C=CC(=C(c2ccc(N(CCCC)CCC(C)C)cc2)c2ccccc2Cl)C=C1. The van der Waals surface area contributed by atoms with Gasteiger partial charge < -0.3 is 9.64 Å². The van der Waals surface area contributed by atoms with Gasteiger partial charge >= 0.3 is 0 Å². The normalized spacial score (nSPS) is 13.5. The molecule has 0 saturated carbocycles. The van der Waals surface area contributed by atoms with Crippen LogP contribution in [0, 0.1) is 5.92 Å². The molecule has 0 saturated heterocycles. The Hall–Kier alpha value is -2.62. The van der Waals surface area contributed by atoms with Crippen molar-refractivity contribution in [3.63, 3.8) is 0 Å². The Morgan fingerprint density at radius 2 is 1.45 bits per heavy atom. The Kier molecular flexibility index (Phi) is 16.1. The van der Waals surface area contributed by atoms with E-state index < -0.39 is 0 Å². The fourth-order valence-electron chi connectivity index (χ4n) is 5.52. The highest BCUT2D eigenvalue weighted by Crippen LogP contribution is 2.35. The average Bonchev–Trinajstić information content (AvgIpc) is 3.03. The number of hydrogen-bond acceptors (Lipinski definition) is 2. The Morgan fingerprint density at radius 1 is 0.773 bits per heavy atom. The lowest BCUT2D eigenvalue weighted by atomic mass is 9.90. The minimum absolute atomic E-state index is 0.274. The molecule has 2 aromatic rings. The van der Waals surface area contributed by atoms with Gasteiger partial charge in [0.25, 0.3) is 0 Å². The largest absolute Gasteiger partial charge is 0.378 e. The lowest BCUT2D eigenvalue weighted by Gasteiger charge is -2.26. The molecule has 0 N–H and O–H groups in total. The first kappa shape index (κ1) is 35.9. The van der Waals surface area contributed by atoms with Crippen LogP contribution in [0.3, 0.4) is 0 Å². The van der Waals surface area contributed by atoms with Crippen molar-refractivity contribution < 1.29 is 9.31 Å². The number of anilines is 1. The summed E-state index contributed by atoms with van der Waals surface area (Å²) < 4.78 is 8.58. The maximum atomic E-state index is 6.83. The quantitative estimate of drug-likeness (QED) is 0.115. The zero-order chi connectivity index (χ0) is 31.7. The number of unbranched alkanes of at least 4 members (excludes halogenated alkanes) is 3. The molecular formula is C40H58ClN2O+. The molecule has 1 aliphatic carbocycles. The Morgan fingerprint density at radius 3 is 2.09 bits per heavy atom. The Labute approximate surface area is 274 Å². The highest BCUT2D eigenvalue weighted by molar-refractivity contribution is 6.32. The van der Waals surface area contributed by atoms with Crippen LogP contribution in [0.1, 0.15) is 104 Å². The third-order valence-electron chi connectivity index (χ3n) is 8.43. The topological polar surface area (TPSA) is 15.5 Å². The van der Waals surface area contributed by atoms with Crippen molar-refractivity contribution in [2.75, 3.05) is 37.7 Å². The minimum atomic E-state index is 0.274. The maximum absolute atomic E-state index is 6.83. The molecule has 2 aromatic carbocycles. The molecule has 1 unspecified atom stereocenters. The highest BCUT2D eigenvalue weighted by atomic mass is 35.5. The van der Waals surface area contributed by atoms with Gasteiger partial charge in [0, 0.05) is 61.0 Å². The number of nitrogens with zero attached hydrogens (tertiary/aromatic N) is 2. The van der Waals surface area contributed by atoms with Crippen LogP contribution in [0.15, 0.2) is 78.4 Å². The molecule has 0 radical (unpaired) electrons. The number of hydrogen-bond donors (Lipinski definition) is 0. The lowest BCUT2D eigenvalue weighted by Crippen LogP contribution is -2.26. The summed E-state index contributed by atoms with van der Waals surface area (Å²) in [7, 11) is 0. The van der Waals surface area contributed by atoms with Gasteiger partial charge in [-0.25, -0.2) is 4.58 Å². The van der Waals surface area contributed by atoms with Crippen LogP contribution in [0.2, 0.25) is 5.02 Å². The summed E-state index contributed by atoms with van der Waals surface area (Å²) in [4.78, 5) is 2.55. The van der Waals surface area contributed by atoms with Crippen molar-refractivity contribution in [3.8, 4) is 0 Å². The Bertz CT molecular complexity index is 1240. The number of benzene rings is 2. The van der Waals surface area contributed by atoms with E-state index in [-0.39, 0.29) is 6.10 Å². The molecule has 3 nitrogen and oxygen atoms in total. The van der Waals surface area contributed by atoms with Crippen molar-refractivity contribution >= 4 is 28.6 Å². The predicted octanol–water partition coefficient (Wildman–Crippen LogP) is 10.8. The van der Waals surface area contributed by atoms with E-state index in [1.165, 1.54) is 66.6 Å². The van der Waals surface area contributed by atoms with Gasteiger partial charge in [0.15, 0.2) is 5.71 Å². The summed E-state index contributed by atoms with van der Waals surface area (Å²) in [5.74, 6) is 0.696. The lowest BCUT2D eigenvalue weighted by molar-refractivity contribution is -0.528. The summed E-state index contributed by atoms with van der Waals surface area (Å²) >= 11 is 6.83.